The van der Waals surface area contributed by atoms with E-state index < -0.39 is 0 Å². The first-order valence-electron chi connectivity index (χ1n) is 5.77. The van der Waals surface area contributed by atoms with E-state index in [1.807, 2.05) is 45.6 Å². The van der Waals surface area contributed by atoms with Gasteiger partial charge in [0.1, 0.15) is 0 Å². The highest BCUT2D eigenvalue weighted by molar-refractivity contribution is 5.23. The van der Waals surface area contributed by atoms with Gasteiger partial charge in [0.25, 0.3) is 0 Å². The van der Waals surface area contributed by atoms with Gasteiger partial charge in [-0.15, -0.1) is 0 Å². The molecule has 0 radical (unpaired) electrons. The summed E-state index contributed by atoms with van der Waals surface area (Å²) >= 11 is 0. The van der Waals surface area contributed by atoms with Crippen LogP contribution in [0.1, 0.15) is 57.7 Å². The fourth-order valence-electron chi connectivity index (χ4n) is 1.50. The van der Waals surface area contributed by atoms with Crippen molar-refractivity contribution in [1.82, 2.24) is 9.78 Å². The summed E-state index contributed by atoms with van der Waals surface area (Å²) in [6, 6.07) is 0. The maximum Gasteiger partial charge on any atom is 0.0521 e. The first kappa shape index (κ1) is 13.2. The van der Waals surface area contributed by atoms with Gasteiger partial charge in [-0.3, -0.25) is 4.68 Å². The van der Waals surface area contributed by atoms with E-state index in [-0.39, 0.29) is 0 Å². The first-order chi connectivity index (χ1) is 6.79. The molecule has 82 valence electrons. The second-order valence-electron chi connectivity index (χ2n) is 3.11. The van der Waals surface area contributed by atoms with Crippen LogP contribution >= 0.6 is 0 Å². The Balaban J connectivity index is 0.000000379. The Hall–Kier alpha value is -0.790. The number of aromatic nitrogens is 2. The summed E-state index contributed by atoms with van der Waals surface area (Å²) in [4.78, 5) is 0. The molecule has 1 saturated carbocycles. The van der Waals surface area contributed by atoms with Crippen molar-refractivity contribution in [2.45, 2.75) is 53.4 Å². The minimum absolute atomic E-state index is 0.826. The summed E-state index contributed by atoms with van der Waals surface area (Å²) in [6.07, 6.45) is 4.68. The first-order valence-corrected chi connectivity index (χ1v) is 5.77. The highest BCUT2D eigenvalue weighted by atomic mass is 15.3. The quantitative estimate of drug-likeness (QED) is 0.670. The largest absolute Gasteiger partial charge is 0.272 e. The van der Waals surface area contributed by atoms with Crippen LogP contribution in [-0.4, -0.2) is 9.78 Å². The Morgan fingerprint density at radius 2 is 1.71 bits per heavy atom. The topological polar surface area (TPSA) is 17.8 Å². The van der Waals surface area contributed by atoms with Crippen LogP contribution in [0.25, 0.3) is 0 Å². The summed E-state index contributed by atoms with van der Waals surface area (Å²) in [5, 5.41) is 4.19. The van der Waals surface area contributed by atoms with Gasteiger partial charge in [0.05, 0.1) is 6.20 Å². The smallest absolute Gasteiger partial charge is 0.0521 e. The molecule has 0 unspecified atom stereocenters. The van der Waals surface area contributed by atoms with E-state index in [1.165, 1.54) is 24.1 Å². The van der Waals surface area contributed by atoms with E-state index in [9.17, 15) is 0 Å². The predicted molar refractivity (Wildman–Crippen MR) is 62.6 cm³/mol. The van der Waals surface area contributed by atoms with Gasteiger partial charge in [0.15, 0.2) is 0 Å². The van der Waals surface area contributed by atoms with Crippen molar-refractivity contribution in [2.75, 3.05) is 0 Å². The summed E-state index contributed by atoms with van der Waals surface area (Å²) in [7, 11) is 2.03. The van der Waals surface area contributed by atoms with Gasteiger partial charge in [0.2, 0.25) is 0 Å². The maximum atomic E-state index is 4.19. The number of hydrogen-bond acceptors (Lipinski definition) is 1. The van der Waals surface area contributed by atoms with Crippen LogP contribution in [0.3, 0.4) is 0 Å². The van der Waals surface area contributed by atoms with Crippen molar-refractivity contribution in [3.05, 3.63) is 17.5 Å². The Morgan fingerprint density at radius 3 is 2.00 bits per heavy atom. The highest BCUT2D eigenvalue weighted by Crippen LogP contribution is 2.40. The maximum absolute atomic E-state index is 4.19. The highest BCUT2D eigenvalue weighted by Gasteiger charge is 2.27. The molecule has 1 aliphatic carbocycles. The Kier molecular flexibility index (Phi) is 6.26. The molecule has 0 N–H and O–H groups in total. The lowest BCUT2D eigenvalue weighted by Gasteiger charge is -1.98. The van der Waals surface area contributed by atoms with Crippen molar-refractivity contribution in [1.29, 1.82) is 0 Å². The van der Waals surface area contributed by atoms with Gasteiger partial charge in [-0.2, -0.15) is 5.10 Å². The summed E-state index contributed by atoms with van der Waals surface area (Å²) < 4.78 is 2.01. The van der Waals surface area contributed by atoms with Gasteiger partial charge >= 0.3 is 0 Å². The molecule has 1 aliphatic rings. The standard InChI is InChI=1S/C8H12N2.2C2H6/c1-6-5-9-10(2)8(6)7-3-4-7;2*1-2/h5,7H,3-4H2,1-2H3;2*1-2H3. The van der Waals surface area contributed by atoms with Gasteiger partial charge in [-0.1, -0.05) is 27.7 Å². The Morgan fingerprint density at radius 1 is 1.21 bits per heavy atom. The summed E-state index contributed by atoms with van der Waals surface area (Å²) in [6.45, 7) is 10.1. The minimum atomic E-state index is 0.826. The number of aryl methyl sites for hydroxylation is 2. The van der Waals surface area contributed by atoms with Gasteiger partial charge in [-0.25, -0.2) is 0 Å². The van der Waals surface area contributed by atoms with E-state index >= 15 is 0 Å². The van der Waals surface area contributed by atoms with E-state index in [2.05, 4.69) is 12.0 Å². The number of hydrogen-bond donors (Lipinski definition) is 0. The zero-order valence-corrected chi connectivity index (χ0v) is 10.5. The van der Waals surface area contributed by atoms with Crippen LogP contribution in [0.5, 0.6) is 0 Å². The Bertz CT molecular complexity index is 227. The molecule has 1 aromatic rings. The SMILES string of the molecule is CC.CC.Cc1cnn(C)c1C1CC1. The lowest BCUT2D eigenvalue weighted by molar-refractivity contribution is 0.712. The molecule has 0 spiro atoms. The molecule has 1 fully saturated rings. The number of rotatable bonds is 1. The summed E-state index contributed by atoms with van der Waals surface area (Å²) in [5.41, 5.74) is 2.80. The molecule has 14 heavy (non-hydrogen) atoms. The lowest BCUT2D eigenvalue weighted by Crippen LogP contribution is -1.96. The van der Waals surface area contributed by atoms with Crippen LogP contribution in [0.15, 0.2) is 6.20 Å². The molecule has 0 saturated heterocycles. The van der Waals surface area contributed by atoms with Crippen molar-refractivity contribution < 1.29 is 0 Å². The van der Waals surface area contributed by atoms with Gasteiger partial charge < -0.3 is 0 Å². The zero-order valence-electron chi connectivity index (χ0n) is 10.5. The van der Waals surface area contributed by atoms with Crippen LogP contribution in [0, 0.1) is 6.92 Å². The van der Waals surface area contributed by atoms with Crippen molar-refractivity contribution in [3.63, 3.8) is 0 Å². The van der Waals surface area contributed by atoms with Crippen molar-refractivity contribution >= 4 is 0 Å². The molecular formula is C12H24N2. The molecule has 0 aliphatic heterocycles. The zero-order chi connectivity index (χ0) is 11.1. The van der Waals surface area contributed by atoms with Crippen LogP contribution in [0.2, 0.25) is 0 Å². The molecule has 2 rings (SSSR count). The monoisotopic (exact) mass is 196 g/mol. The molecular weight excluding hydrogens is 172 g/mol. The fraction of sp³-hybridized carbons (Fsp3) is 0.750. The number of nitrogens with zero attached hydrogens (tertiary/aromatic N) is 2. The molecule has 0 aromatic carbocycles. The molecule has 1 aromatic heterocycles. The second kappa shape index (κ2) is 6.63. The molecule has 2 heteroatoms. The Labute approximate surface area is 88.3 Å². The van der Waals surface area contributed by atoms with Crippen molar-refractivity contribution in [3.8, 4) is 0 Å². The third-order valence-electron chi connectivity index (χ3n) is 2.14. The third-order valence-corrected chi connectivity index (χ3v) is 2.14. The average molecular weight is 196 g/mol. The fourth-order valence-corrected chi connectivity index (χ4v) is 1.50. The van der Waals surface area contributed by atoms with Crippen molar-refractivity contribution in [2.24, 2.45) is 7.05 Å². The van der Waals surface area contributed by atoms with Crippen LogP contribution in [0.4, 0.5) is 0 Å². The summed E-state index contributed by atoms with van der Waals surface area (Å²) in [5.74, 6) is 0.826. The van der Waals surface area contributed by atoms with E-state index in [0.717, 1.165) is 5.92 Å². The van der Waals surface area contributed by atoms with Crippen LogP contribution in [-0.2, 0) is 7.05 Å². The minimum Gasteiger partial charge on any atom is -0.272 e. The second-order valence-corrected chi connectivity index (χ2v) is 3.11. The van der Waals surface area contributed by atoms with Gasteiger partial charge in [0, 0.05) is 18.7 Å². The lowest BCUT2D eigenvalue weighted by atomic mass is 10.2. The molecule has 2 nitrogen and oxygen atoms in total. The van der Waals surface area contributed by atoms with E-state index in [4.69, 9.17) is 0 Å². The van der Waals surface area contributed by atoms with Gasteiger partial charge in [-0.05, 0) is 25.3 Å². The average Bonchev–Trinajstić information content (AvgIpc) is 3.01. The molecule has 1 heterocycles. The molecule has 0 atom stereocenters. The normalized spacial score (nSPS) is 13.6. The molecule has 0 amide bonds. The van der Waals surface area contributed by atoms with E-state index in [1.54, 1.807) is 0 Å². The predicted octanol–water partition coefficient (Wildman–Crippen LogP) is 3.66. The van der Waals surface area contributed by atoms with E-state index in [0.29, 0.717) is 0 Å². The third kappa shape index (κ3) is 3.17. The van der Waals surface area contributed by atoms with Crippen LogP contribution < -0.4 is 0 Å². The molecule has 0 bridgehead atoms.